The van der Waals surface area contributed by atoms with E-state index in [1.165, 1.54) is 0 Å². The third-order valence-corrected chi connectivity index (χ3v) is 5.06. The van der Waals surface area contributed by atoms with Gasteiger partial charge in [-0.25, -0.2) is 10.1 Å². The largest absolute Gasteiger partial charge is 0.494 e. The van der Waals surface area contributed by atoms with E-state index in [2.05, 4.69) is 17.5 Å². The molecule has 1 N–H and O–H groups in total. The van der Waals surface area contributed by atoms with Crippen molar-refractivity contribution >= 4 is 23.7 Å². The van der Waals surface area contributed by atoms with E-state index in [4.69, 9.17) is 21.4 Å². The minimum atomic E-state index is -0.344. The zero-order chi connectivity index (χ0) is 23.0. The molecule has 0 fully saturated rings. The second-order valence-electron chi connectivity index (χ2n) is 7.30. The molecule has 4 rings (SSSR count). The van der Waals surface area contributed by atoms with Crippen LogP contribution in [-0.4, -0.2) is 28.5 Å². The highest BCUT2D eigenvalue weighted by molar-refractivity contribution is 6.30. The Morgan fingerprint density at radius 2 is 1.88 bits per heavy atom. The van der Waals surface area contributed by atoms with Gasteiger partial charge in [-0.05, 0) is 61.0 Å². The van der Waals surface area contributed by atoms with Crippen molar-refractivity contribution in [3.63, 3.8) is 0 Å². The summed E-state index contributed by atoms with van der Waals surface area (Å²) in [6, 6.07) is 24.3. The summed E-state index contributed by atoms with van der Waals surface area (Å²) < 4.78 is 7.47. The lowest BCUT2D eigenvalue weighted by molar-refractivity contribution is 0.0955. The van der Waals surface area contributed by atoms with E-state index in [1.807, 2.05) is 60.8 Å². The molecule has 3 aromatic carbocycles. The average Bonchev–Trinajstić information content (AvgIpc) is 3.28. The van der Waals surface area contributed by atoms with E-state index in [0.29, 0.717) is 17.2 Å². The first-order valence-electron chi connectivity index (χ1n) is 10.6. The van der Waals surface area contributed by atoms with Crippen LogP contribution in [0.4, 0.5) is 0 Å². The zero-order valence-corrected chi connectivity index (χ0v) is 18.9. The highest BCUT2D eigenvalue weighted by atomic mass is 35.5. The molecule has 0 atom stereocenters. The van der Waals surface area contributed by atoms with Gasteiger partial charge in [-0.3, -0.25) is 4.79 Å². The molecule has 0 bridgehead atoms. The minimum absolute atomic E-state index is 0.344. The quantitative estimate of drug-likeness (QED) is 0.270. The van der Waals surface area contributed by atoms with Crippen LogP contribution < -0.4 is 10.2 Å². The number of amides is 1. The summed E-state index contributed by atoms with van der Waals surface area (Å²) in [5.41, 5.74) is 6.31. The van der Waals surface area contributed by atoms with Crippen LogP contribution in [0.1, 0.15) is 29.3 Å². The Morgan fingerprint density at radius 1 is 1.09 bits per heavy atom. The molecule has 1 amide bonds. The number of para-hydroxylation sites is 1. The van der Waals surface area contributed by atoms with E-state index in [9.17, 15) is 4.79 Å². The van der Waals surface area contributed by atoms with Gasteiger partial charge < -0.3 is 4.74 Å². The second-order valence-corrected chi connectivity index (χ2v) is 7.73. The summed E-state index contributed by atoms with van der Waals surface area (Å²) in [5, 5.41) is 9.41. The van der Waals surface area contributed by atoms with Crippen LogP contribution in [0.25, 0.3) is 16.9 Å². The highest BCUT2D eigenvalue weighted by Crippen LogP contribution is 2.25. The normalized spacial score (nSPS) is 11.0. The summed E-state index contributed by atoms with van der Waals surface area (Å²) in [5.74, 6) is 0.468. The number of nitrogens with one attached hydrogen (secondary N) is 1. The maximum Gasteiger partial charge on any atom is 0.271 e. The number of carbonyl (C=O) groups is 1. The lowest BCUT2D eigenvalue weighted by Gasteiger charge is -2.05. The Balaban J connectivity index is 1.61. The summed E-state index contributed by atoms with van der Waals surface area (Å²) in [6.07, 6.45) is 4.41. The Labute approximate surface area is 197 Å². The van der Waals surface area contributed by atoms with Gasteiger partial charge in [0.2, 0.25) is 0 Å². The van der Waals surface area contributed by atoms with Gasteiger partial charge >= 0.3 is 0 Å². The molecule has 0 spiro atoms. The van der Waals surface area contributed by atoms with Gasteiger partial charge in [0.05, 0.1) is 18.5 Å². The third kappa shape index (κ3) is 5.67. The Bertz CT molecular complexity index is 1250. The molecule has 1 heterocycles. The SMILES string of the molecule is CCCOc1ccc(-c2nn(-c3ccccc3)cc2C=NNC(=O)c2cccc(Cl)c2)cc1. The molecule has 0 aliphatic carbocycles. The minimum Gasteiger partial charge on any atom is -0.494 e. The van der Waals surface area contributed by atoms with Gasteiger partial charge in [0.25, 0.3) is 5.91 Å². The molecule has 0 unspecified atom stereocenters. The van der Waals surface area contributed by atoms with Crippen LogP contribution in [0.15, 0.2) is 90.2 Å². The van der Waals surface area contributed by atoms with Crippen molar-refractivity contribution in [1.82, 2.24) is 15.2 Å². The van der Waals surface area contributed by atoms with Crippen molar-refractivity contribution in [3.8, 4) is 22.7 Å². The number of hydrazone groups is 1. The molecule has 166 valence electrons. The third-order valence-electron chi connectivity index (χ3n) is 4.82. The van der Waals surface area contributed by atoms with Gasteiger partial charge in [-0.1, -0.05) is 42.8 Å². The lowest BCUT2D eigenvalue weighted by atomic mass is 10.1. The van der Waals surface area contributed by atoms with Crippen molar-refractivity contribution in [1.29, 1.82) is 0 Å². The van der Waals surface area contributed by atoms with Crippen molar-refractivity contribution in [2.45, 2.75) is 13.3 Å². The fourth-order valence-corrected chi connectivity index (χ4v) is 3.39. The van der Waals surface area contributed by atoms with E-state index in [-0.39, 0.29) is 5.91 Å². The number of ether oxygens (including phenoxy) is 1. The summed E-state index contributed by atoms with van der Waals surface area (Å²) in [7, 11) is 0. The number of nitrogens with zero attached hydrogens (tertiary/aromatic N) is 3. The summed E-state index contributed by atoms with van der Waals surface area (Å²) >= 11 is 5.97. The van der Waals surface area contributed by atoms with Crippen LogP contribution in [0.2, 0.25) is 5.02 Å². The van der Waals surface area contributed by atoms with Gasteiger partial charge in [0.1, 0.15) is 11.4 Å². The van der Waals surface area contributed by atoms with Crippen LogP contribution in [0.3, 0.4) is 0 Å². The van der Waals surface area contributed by atoms with Crippen LogP contribution in [-0.2, 0) is 0 Å². The number of rotatable bonds is 8. The second kappa shape index (κ2) is 10.6. The fraction of sp³-hybridized carbons (Fsp3) is 0.115. The summed E-state index contributed by atoms with van der Waals surface area (Å²) in [4.78, 5) is 12.4. The lowest BCUT2D eigenvalue weighted by Crippen LogP contribution is -2.17. The number of benzene rings is 3. The fourth-order valence-electron chi connectivity index (χ4n) is 3.20. The van der Waals surface area contributed by atoms with Crippen molar-refractivity contribution in [2.75, 3.05) is 6.61 Å². The molecule has 0 saturated carbocycles. The molecule has 7 heteroatoms. The van der Waals surface area contributed by atoms with E-state index in [0.717, 1.165) is 34.7 Å². The van der Waals surface area contributed by atoms with Gasteiger partial charge in [0.15, 0.2) is 0 Å². The van der Waals surface area contributed by atoms with Crippen LogP contribution >= 0.6 is 11.6 Å². The standard InChI is InChI=1S/C26H23ClN4O2/c1-2-15-33-24-13-11-19(12-14-24)25-21(18-31(30-25)23-9-4-3-5-10-23)17-28-29-26(32)20-7-6-8-22(27)16-20/h3-14,16-18H,2,15H2,1H3,(H,29,32). The molecule has 6 nitrogen and oxygen atoms in total. The number of halogens is 1. The molecule has 1 aromatic heterocycles. The first-order valence-corrected chi connectivity index (χ1v) is 11.0. The molecule has 0 aliphatic rings. The smallest absolute Gasteiger partial charge is 0.271 e. The molecule has 0 aliphatic heterocycles. The molecule has 0 saturated heterocycles. The number of aromatic nitrogens is 2. The summed E-state index contributed by atoms with van der Waals surface area (Å²) in [6.45, 7) is 2.74. The molecular weight excluding hydrogens is 436 g/mol. The number of hydrogen-bond donors (Lipinski definition) is 1. The van der Waals surface area contributed by atoms with Gasteiger partial charge in [-0.15, -0.1) is 0 Å². The Kier molecular flexibility index (Phi) is 7.17. The molecule has 33 heavy (non-hydrogen) atoms. The molecule has 4 aromatic rings. The van der Waals surface area contributed by atoms with Crippen molar-refractivity contribution < 1.29 is 9.53 Å². The predicted octanol–water partition coefficient (Wildman–Crippen LogP) is 5.75. The van der Waals surface area contributed by atoms with E-state index >= 15 is 0 Å². The van der Waals surface area contributed by atoms with Crippen LogP contribution in [0.5, 0.6) is 5.75 Å². The molecule has 0 radical (unpaired) electrons. The van der Waals surface area contributed by atoms with Gasteiger partial charge in [-0.2, -0.15) is 10.2 Å². The van der Waals surface area contributed by atoms with Crippen LogP contribution in [0, 0.1) is 0 Å². The maximum absolute atomic E-state index is 12.4. The predicted molar refractivity (Wildman–Crippen MR) is 131 cm³/mol. The van der Waals surface area contributed by atoms with Crippen molar-refractivity contribution in [3.05, 3.63) is 101 Å². The molecular formula is C26H23ClN4O2. The first-order chi connectivity index (χ1) is 16.1. The Hall–Kier alpha value is -3.90. The number of hydrogen-bond acceptors (Lipinski definition) is 4. The average molecular weight is 459 g/mol. The first kappa shape index (κ1) is 22.3. The monoisotopic (exact) mass is 458 g/mol. The maximum atomic E-state index is 12.4. The van der Waals surface area contributed by atoms with Crippen molar-refractivity contribution in [2.24, 2.45) is 5.10 Å². The Morgan fingerprint density at radius 3 is 2.61 bits per heavy atom. The highest BCUT2D eigenvalue weighted by Gasteiger charge is 2.12. The topological polar surface area (TPSA) is 68.5 Å². The van der Waals surface area contributed by atoms with E-state index < -0.39 is 0 Å². The number of carbonyl (C=O) groups excluding carboxylic acids is 1. The van der Waals surface area contributed by atoms with Gasteiger partial charge in [0, 0.05) is 27.9 Å². The zero-order valence-electron chi connectivity index (χ0n) is 18.1. The van der Waals surface area contributed by atoms with E-state index in [1.54, 1.807) is 35.2 Å².